The fourth-order valence-electron chi connectivity index (χ4n) is 2.07. The smallest absolute Gasteiger partial charge is 0.109 e. The monoisotopic (exact) mass is 301 g/mol. The van der Waals surface area contributed by atoms with Gasteiger partial charge in [-0.1, -0.05) is 48.9 Å². The van der Waals surface area contributed by atoms with Crippen molar-refractivity contribution in [3.8, 4) is 0 Å². The zero-order chi connectivity index (χ0) is 15.2. The Balaban J connectivity index is 2.31. The van der Waals surface area contributed by atoms with Crippen LogP contribution < -0.4 is 0 Å². The number of hydrogen-bond acceptors (Lipinski definition) is 3. The summed E-state index contributed by atoms with van der Waals surface area (Å²) in [5.41, 5.74) is 9.48. The van der Waals surface area contributed by atoms with Crippen LogP contribution in [-0.2, 0) is 13.5 Å². The second-order valence-corrected chi connectivity index (χ2v) is 6.11. The largest absolute Gasteiger partial charge is 0.326 e. The lowest BCUT2D eigenvalue weighted by Gasteiger charge is -2.08. The van der Waals surface area contributed by atoms with Crippen molar-refractivity contribution in [2.24, 2.45) is 12.2 Å². The fraction of sp³-hybridized carbons (Fsp3) is 0.400. The molecular weight excluding hydrogens is 282 g/mol. The van der Waals surface area contributed by atoms with E-state index in [1.165, 1.54) is 4.90 Å². The molecule has 110 valence electrons. The van der Waals surface area contributed by atoms with Crippen molar-refractivity contribution in [3.05, 3.63) is 52.3 Å². The molecule has 2 rings (SSSR count). The third kappa shape index (κ3) is 3.80. The molecule has 0 radical (unpaired) electrons. The molecule has 0 atom stereocenters. The highest BCUT2D eigenvalue weighted by Crippen LogP contribution is 2.34. The zero-order valence-electron chi connectivity index (χ0n) is 12.5. The van der Waals surface area contributed by atoms with Gasteiger partial charge in [-0.2, -0.15) is 0 Å². The molecule has 0 spiro atoms. The van der Waals surface area contributed by atoms with E-state index in [1.807, 2.05) is 25.2 Å². The van der Waals surface area contributed by atoms with Crippen LogP contribution in [0.25, 0.3) is 10.4 Å². The molecule has 0 saturated heterocycles. The van der Waals surface area contributed by atoms with E-state index in [2.05, 4.69) is 40.6 Å². The summed E-state index contributed by atoms with van der Waals surface area (Å²) in [5.74, 6) is 1.32. The van der Waals surface area contributed by atoms with E-state index in [1.54, 1.807) is 11.8 Å². The van der Waals surface area contributed by atoms with E-state index in [9.17, 15) is 0 Å². The molecule has 0 aliphatic heterocycles. The van der Waals surface area contributed by atoms with Crippen LogP contribution in [0.5, 0.6) is 0 Å². The van der Waals surface area contributed by atoms with E-state index in [4.69, 9.17) is 10.5 Å². The van der Waals surface area contributed by atoms with Gasteiger partial charge in [-0.15, -0.1) is 0 Å². The summed E-state index contributed by atoms with van der Waals surface area (Å²) in [6.45, 7) is 4.73. The van der Waals surface area contributed by atoms with Gasteiger partial charge in [0, 0.05) is 29.8 Å². The van der Waals surface area contributed by atoms with Crippen molar-refractivity contribution < 1.29 is 0 Å². The molecule has 0 aliphatic carbocycles. The highest BCUT2D eigenvalue weighted by Gasteiger charge is 2.17. The number of azide groups is 1. The molecule has 0 bridgehead atoms. The molecule has 2 aromatic rings. The summed E-state index contributed by atoms with van der Waals surface area (Å²) in [5, 5.41) is 4.76. The van der Waals surface area contributed by atoms with Gasteiger partial charge in [0.15, 0.2) is 0 Å². The van der Waals surface area contributed by atoms with Crippen LogP contribution in [0.3, 0.4) is 0 Å². The van der Waals surface area contributed by atoms with Crippen LogP contribution in [0.1, 0.15) is 31.3 Å². The molecule has 21 heavy (non-hydrogen) atoms. The molecule has 1 aromatic heterocycles. The molecule has 0 saturated carbocycles. The number of imidazole rings is 1. The molecular formula is C15H19N5S. The molecule has 0 unspecified atom stereocenters. The highest BCUT2D eigenvalue weighted by atomic mass is 32.2. The SMILES string of the molecule is CC(C)c1nc(CCN=[N+]=[N-])n(C)c1Sc1ccccc1. The van der Waals surface area contributed by atoms with Crippen LogP contribution in [-0.4, -0.2) is 16.1 Å². The molecule has 1 aromatic carbocycles. The Hall–Kier alpha value is -1.91. The molecule has 0 fully saturated rings. The zero-order valence-corrected chi connectivity index (χ0v) is 13.3. The van der Waals surface area contributed by atoms with Gasteiger partial charge in [-0.05, 0) is 23.6 Å². The summed E-state index contributed by atoms with van der Waals surface area (Å²) >= 11 is 1.73. The molecule has 0 N–H and O–H groups in total. The Bertz CT molecular complexity index is 642. The van der Waals surface area contributed by atoms with Crippen molar-refractivity contribution >= 4 is 11.8 Å². The second-order valence-electron chi connectivity index (χ2n) is 5.05. The van der Waals surface area contributed by atoms with Gasteiger partial charge in [-0.25, -0.2) is 4.98 Å². The Morgan fingerprint density at radius 1 is 1.33 bits per heavy atom. The van der Waals surface area contributed by atoms with Crippen LogP contribution in [0.4, 0.5) is 0 Å². The summed E-state index contributed by atoms with van der Waals surface area (Å²) in [6, 6.07) is 10.3. The van der Waals surface area contributed by atoms with Gasteiger partial charge < -0.3 is 4.57 Å². The predicted octanol–water partition coefficient (Wildman–Crippen LogP) is 4.55. The molecule has 5 nitrogen and oxygen atoms in total. The van der Waals surface area contributed by atoms with Gasteiger partial charge in [0.2, 0.25) is 0 Å². The number of nitrogens with zero attached hydrogens (tertiary/aromatic N) is 5. The van der Waals surface area contributed by atoms with E-state index in [0.717, 1.165) is 16.5 Å². The van der Waals surface area contributed by atoms with E-state index in [0.29, 0.717) is 18.9 Å². The summed E-state index contributed by atoms with van der Waals surface area (Å²) < 4.78 is 2.11. The molecule has 6 heteroatoms. The third-order valence-electron chi connectivity index (χ3n) is 3.16. The molecule has 0 amide bonds. The first kappa shape index (κ1) is 15.5. The summed E-state index contributed by atoms with van der Waals surface area (Å²) in [7, 11) is 2.02. The van der Waals surface area contributed by atoms with Crippen molar-refractivity contribution in [1.82, 2.24) is 9.55 Å². The summed E-state index contributed by atoms with van der Waals surface area (Å²) in [6.07, 6.45) is 0.662. The minimum absolute atomic E-state index is 0.357. The van der Waals surface area contributed by atoms with Crippen molar-refractivity contribution in [2.75, 3.05) is 6.54 Å². The predicted molar refractivity (Wildman–Crippen MR) is 85.6 cm³/mol. The number of benzene rings is 1. The number of hydrogen-bond donors (Lipinski definition) is 0. The topological polar surface area (TPSA) is 66.6 Å². The van der Waals surface area contributed by atoms with Gasteiger partial charge in [-0.3, -0.25) is 0 Å². The maximum atomic E-state index is 8.38. The van der Waals surface area contributed by atoms with Crippen molar-refractivity contribution in [3.63, 3.8) is 0 Å². The molecule has 0 aliphatic rings. The number of aromatic nitrogens is 2. The first-order chi connectivity index (χ1) is 10.1. The molecule has 1 heterocycles. The lowest BCUT2D eigenvalue weighted by molar-refractivity contribution is 0.725. The van der Waals surface area contributed by atoms with E-state index >= 15 is 0 Å². The van der Waals surface area contributed by atoms with Crippen LogP contribution in [0, 0.1) is 0 Å². The fourth-order valence-corrected chi connectivity index (χ4v) is 3.21. The van der Waals surface area contributed by atoms with Crippen LogP contribution >= 0.6 is 11.8 Å². The Labute approximate surface area is 129 Å². The Morgan fingerprint density at radius 3 is 2.67 bits per heavy atom. The van der Waals surface area contributed by atoms with Crippen molar-refractivity contribution in [1.29, 1.82) is 0 Å². The average molecular weight is 301 g/mol. The standard InChI is InChI=1S/C15H19N5S/c1-11(2)14-15(21-12-7-5-4-6-8-12)20(3)13(18-14)9-10-17-19-16/h4-8,11H,9-10H2,1-3H3. The lowest BCUT2D eigenvalue weighted by atomic mass is 10.1. The van der Waals surface area contributed by atoms with Gasteiger partial charge >= 0.3 is 0 Å². The highest BCUT2D eigenvalue weighted by molar-refractivity contribution is 7.99. The van der Waals surface area contributed by atoms with Gasteiger partial charge in [0.05, 0.1) is 5.69 Å². The first-order valence-electron chi connectivity index (χ1n) is 6.92. The maximum Gasteiger partial charge on any atom is 0.109 e. The Kier molecular flexibility index (Phi) is 5.31. The summed E-state index contributed by atoms with van der Waals surface area (Å²) in [4.78, 5) is 8.73. The van der Waals surface area contributed by atoms with E-state index < -0.39 is 0 Å². The van der Waals surface area contributed by atoms with Crippen molar-refractivity contribution in [2.45, 2.75) is 36.1 Å². The van der Waals surface area contributed by atoms with Crippen LogP contribution in [0.2, 0.25) is 0 Å². The third-order valence-corrected chi connectivity index (χ3v) is 4.35. The normalized spacial score (nSPS) is 10.7. The minimum atomic E-state index is 0.357. The second kappa shape index (κ2) is 7.20. The lowest BCUT2D eigenvalue weighted by Crippen LogP contribution is -2.00. The van der Waals surface area contributed by atoms with Gasteiger partial charge in [0.25, 0.3) is 0 Å². The quantitative estimate of drug-likeness (QED) is 0.446. The van der Waals surface area contributed by atoms with Gasteiger partial charge in [0.1, 0.15) is 10.9 Å². The minimum Gasteiger partial charge on any atom is -0.326 e. The average Bonchev–Trinajstić information content (AvgIpc) is 2.78. The first-order valence-corrected chi connectivity index (χ1v) is 7.74. The maximum absolute atomic E-state index is 8.38. The number of rotatable bonds is 6. The van der Waals surface area contributed by atoms with E-state index in [-0.39, 0.29) is 0 Å². The Morgan fingerprint density at radius 2 is 2.05 bits per heavy atom. The van der Waals surface area contributed by atoms with Crippen LogP contribution in [0.15, 0.2) is 45.4 Å².